The third kappa shape index (κ3) is 3.52. The van der Waals surface area contributed by atoms with Crippen molar-refractivity contribution in [3.05, 3.63) is 41.1 Å². The summed E-state index contributed by atoms with van der Waals surface area (Å²) in [6, 6.07) is 9.14. The molecule has 1 aliphatic heterocycles. The minimum Gasteiger partial charge on any atom is -0.381 e. The predicted molar refractivity (Wildman–Crippen MR) is 96.4 cm³/mol. The highest BCUT2D eigenvalue weighted by Crippen LogP contribution is 2.25. The monoisotopic (exact) mass is 352 g/mol. The molecular weight excluding hydrogens is 332 g/mol. The van der Waals surface area contributed by atoms with Gasteiger partial charge in [0.1, 0.15) is 11.6 Å². The van der Waals surface area contributed by atoms with Gasteiger partial charge in [-0.05, 0) is 31.4 Å². The highest BCUT2D eigenvalue weighted by Gasteiger charge is 2.25. The van der Waals surface area contributed by atoms with Crippen molar-refractivity contribution in [3.63, 3.8) is 0 Å². The highest BCUT2D eigenvalue weighted by atomic mass is 16.2. The van der Waals surface area contributed by atoms with Crippen LogP contribution in [0, 0.1) is 11.3 Å². The van der Waals surface area contributed by atoms with E-state index in [9.17, 15) is 9.59 Å². The van der Waals surface area contributed by atoms with Crippen molar-refractivity contribution in [2.24, 2.45) is 0 Å². The molecule has 0 radical (unpaired) electrons. The molecule has 8 nitrogen and oxygen atoms in total. The van der Waals surface area contributed by atoms with Crippen LogP contribution in [0.4, 0.5) is 11.5 Å². The quantitative estimate of drug-likeness (QED) is 0.676. The molecule has 1 aromatic heterocycles. The lowest BCUT2D eigenvalue weighted by Crippen LogP contribution is -2.30. The molecule has 1 saturated heterocycles. The summed E-state index contributed by atoms with van der Waals surface area (Å²) in [5.74, 6) is 0.0202. The van der Waals surface area contributed by atoms with Crippen LogP contribution in [0.5, 0.6) is 0 Å². The van der Waals surface area contributed by atoms with Crippen LogP contribution in [-0.2, 0) is 11.2 Å². The number of carbonyl (C=O) groups is 2. The maximum Gasteiger partial charge on any atom is 0.253 e. The second kappa shape index (κ2) is 7.70. The number of carbonyl (C=O) groups excluding carboxylic acids is 2. The van der Waals surface area contributed by atoms with Gasteiger partial charge in [-0.2, -0.15) is 10.4 Å². The number of anilines is 2. The maximum absolute atomic E-state index is 12.5. The Bertz CT molecular complexity index is 867. The van der Waals surface area contributed by atoms with Gasteiger partial charge in [0.15, 0.2) is 5.82 Å². The van der Waals surface area contributed by atoms with Crippen LogP contribution in [0.2, 0.25) is 0 Å². The van der Waals surface area contributed by atoms with Gasteiger partial charge in [0, 0.05) is 19.5 Å². The number of nitrogen functional groups attached to an aromatic ring is 1. The van der Waals surface area contributed by atoms with E-state index in [1.54, 1.807) is 23.1 Å². The number of H-pyrrole nitrogens is 1. The SMILES string of the molecule is N#Cc1c(N)n[nH]c1CCCNC(=O)c1ccccc1N1CCCC1=O. The minimum absolute atomic E-state index is 0.0473. The van der Waals surface area contributed by atoms with Gasteiger partial charge in [-0.1, -0.05) is 12.1 Å². The average molecular weight is 352 g/mol. The van der Waals surface area contributed by atoms with E-state index in [1.165, 1.54) is 0 Å². The van der Waals surface area contributed by atoms with E-state index in [1.807, 2.05) is 12.1 Å². The van der Waals surface area contributed by atoms with Gasteiger partial charge in [-0.15, -0.1) is 0 Å². The Labute approximate surface area is 151 Å². The zero-order valence-corrected chi connectivity index (χ0v) is 14.3. The number of nitriles is 1. The van der Waals surface area contributed by atoms with E-state index >= 15 is 0 Å². The Balaban J connectivity index is 1.59. The number of nitrogens with zero attached hydrogens (tertiary/aromatic N) is 3. The lowest BCUT2D eigenvalue weighted by molar-refractivity contribution is -0.117. The van der Waals surface area contributed by atoms with Gasteiger partial charge >= 0.3 is 0 Å². The largest absolute Gasteiger partial charge is 0.381 e. The molecule has 1 aromatic carbocycles. The summed E-state index contributed by atoms with van der Waals surface area (Å²) in [6.07, 6.45) is 2.51. The summed E-state index contributed by atoms with van der Waals surface area (Å²) in [5, 5.41) is 18.5. The molecule has 0 aliphatic carbocycles. The molecular formula is C18H20N6O2. The molecule has 8 heteroatoms. The summed E-state index contributed by atoms with van der Waals surface area (Å²) in [7, 11) is 0. The molecule has 4 N–H and O–H groups in total. The normalized spacial score (nSPS) is 13.7. The van der Waals surface area contributed by atoms with Crippen LogP contribution >= 0.6 is 0 Å². The Morgan fingerprint density at radius 2 is 2.23 bits per heavy atom. The van der Waals surface area contributed by atoms with Gasteiger partial charge in [0.05, 0.1) is 16.9 Å². The molecule has 0 atom stereocenters. The van der Waals surface area contributed by atoms with Crippen LogP contribution in [0.15, 0.2) is 24.3 Å². The fraction of sp³-hybridized carbons (Fsp3) is 0.333. The van der Waals surface area contributed by atoms with Gasteiger partial charge in [-0.25, -0.2) is 0 Å². The number of hydrogen-bond donors (Lipinski definition) is 3. The van der Waals surface area contributed by atoms with Crippen LogP contribution in [0.25, 0.3) is 0 Å². The first kappa shape index (κ1) is 17.5. The van der Waals surface area contributed by atoms with Crippen molar-refractivity contribution in [2.75, 3.05) is 23.7 Å². The first-order chi connectivity index (χ1) is 12.6. The number of nitrogens with one attached hydrogen (secondary N) is 2. The van der Waals surface area contributed by atoms with Crippen molar-refractivity contribution in [1.82, 2.24) is 15.5 Å². The van der Waals surface area contributed by atoms with E-state index in [4.69, 9.17) is 11.0 Å². The van der Waals surface area contributed by atoms with Crippen LogP contribution < -0.4 is 16.0 Å². The average Bonchev–Trinajstić information content (AvgIpc) is 3.23. The lowest BCUT2D eigenvalue weighted by Gasteiger charge is -2.19. The number of benzene rings is 1. The third-order valence-electron chi connectivity index (χ3n) is 4.38. The smallest absolute Gasteiger partial charge is 0.253 e. The lowest BCUT2D eigenvalue weighted by atomic mass is 10.1. The van der Waals surface area contributed by atoms with Crippen molar-refractivity contribution in [1.29, 1.82) is 5.26 Å². The zero-order chi connectivity index (χ0) is 18.5. The Morgan fingerprint density at radius 1 is 1.42 bits per heavy atom. The number of amides is 2. The molecule has 0 saturated carbocycles. The topological polar surface area (TPSA) is 128 Å². The van der Waals surface area contributed by atoms with E-state index in [0.29, 0.717) is 54.9 Å². The molecule has 1 aliphatic rings. The molecule has 0 bridgehead atoms. The van der Waals surface area contributed by atoms with Crippen molar-refractivity contribution >= 4 is 23.3 Å². The third-order valence-corrected chi connectivity index (χ3v) is 4.38. The standard InChI is InChI=1S/C18H20N6O2/c19-11-13-14(22-23-17(13)20)6-3-9-21-18(26)12-5-1-2-7-15(12)24-10-4-8-16(24)25/h1-2,5,7H,3-4,6,8-10H2,(H,21,26)(H3,20,22,23). The fourth-order valence-corrected chi connectivity index (χ4v) is 3.07. The first-order valence-electron chi connectivity index (χ1n) is 8.52. The molecule has 0 spiro atoms. The molecule has 2 aromatic rings. The molecule has 2 heterocycles. The Kier molecular flexibility index (Phi) is 5.17. The van der Waals surface area contributed by atoms with Crippen molar-refractivity contribution < 1.29 is 9.59 Å². The molecule has 134 valence electrons. The van der Waals surface area contributed by atoms with Crippen LogP contribution in [0.1, 0.15) is 40.9 Å². The summed E-state index contributed by atoms with van der Waals surface area (Å²) in [5.41, 5.74) is 7.77. The molecule has 26 heavy (non-hydrogen) atoms. The number of para-hydroxylation sites is 1. The first-order valence-corrected chi connectivity index (χ1v) is 8.52. The van der Waals surface area contributed by atoms with E-state index in [0.717, 1.165) is 6.42 Å². The van der Waals surface area contributed by atoms with Crippen molar-refractivity contribution in [3.8, 4) is 6.07 Å². The summed E-state index contributed by atoms with van der Waals surface area (Å²) in [4.78, 5) is 26.2. The molecule has 3 rings (SSSR count). The molecule has 2 amide bonds. The number of hydrogen-bond acceptors (Lipinski definition) is 5. The highest BCUT2D eigenvalue weighted by molar-refractivity contribution is 6.05. The van der Waals surface area contributed by atoms with Gasteiger partial charge in [-0.3, -0.25) is 14.7 Å². The molecule has 1 fully saturated rings. The second-order valence-electron chi connectivity index (χ2n) is 6.10. The number of rotatable bonds is 6. The van der Waals surface area contributed by atoms with Gasteiger partial charge in [0.25, 0.3) is 5.91 Å². The Hall–Kier alpha value is -3.34. The number of nitrogens with two attached hydrogens (primary N) is 1. The zero-order valence-electron chi connectivity index (χ0n) is 14.3. The number of aryl methyl sites for hydroxylation is 1. The van der Waals surface area contributed by atoms with E-state index in [2.05, 4.69) is 15.5 Å². The van der Waals surface area contributed by atoms with E-state index in [-0.39, 0.29) is 17.6 Å². The van der Waals surface area contributed by atoms with Gasteiger partial charge in [0.2, 0.25) is 5.91 Å². The fourth-order valence-electron chi connectivity index (χ4n) is 3.07. The maximum atomic E-state index is 12.5. The molecule has 0 unspecified atom stereocenters. The van der Waals surface area contributed by atoms with Gasteiger partial charge < -0.3 is 16.0 Å². The minimum atomic E-state index is -0.218. The number of aromatic nitrogens is 2. The Morgan fingerprint density at radius 3 is 2.96 bits per heavy atom. The summed E-state index contributed by atoms with van der Waals surface area (Å²) >= 11 is 0. The van der Waals surface area contributed by atoms with Crippen LogP contribution in [-0.4, -0.2) is 35.1 Å². The number of aromatic amines is 1. The van der Waals surface area contributed by atoms with E-state index < -0.39 is 0 Å². The predicted octanol–water partition coefficient (Wildman–Crippen LogP) is 1.35. The van der Waals surface area contributed by atoms with Crippen LogP contribution in [0.3, 0.4) is 0 Å². The second-order valence-corrected chi connectivity index (χ2v) is 6.10. The van der Waals surface area contributed by atoms with Crippen molar-refractivity contribution in [2.45, 2.75) is 25.7 Å². The summed E-state index contributed by atoms with van der Waals surface area (Å²) in [6.45, 7) is 1.08. The summed E-state index contributed by atoms with van der Waals surface area (Å²) < 4.78 is 0.